The predicted molar refractivity (Wildman–Crippen MR) is 117 cm³/mol. The highest BCUT2D eigenvalue weighted by Crippen LogP contribution is 2.33. The van der Waals surface area contributed by atoms with E-state index in [1.807, 2.05) is 18.2 Å². The van der Waals surface area contributed by atoms with Crippen molar-refractivity contribution in [3.63, 3.8) is 0 Å². The van der Waals surface area contributed by atoms with Gasteiger partial charge in [-0.05, 0) is 61.0 Å². The number of carbonyl (C=O) groups excluding carboxylic acids is 1. The SMILES string of the molecule is COc1ccc(/C=C2/NC(=S)N(C3CC3)C2=O)cc1COc1cccc(Cl)c1Cl. The van der Waals surface area contributed by atoms with Gasteiger partial charge in [-0.25, -0.2) is 0 Å². The Labute approximate surface area is 184 Å². The molecule has 8 heteroatoms. The molecule has 0 aromatic heterocycles. The van der Waals surface area contributed by atoms with Gasteiger partial charge >= 0.3 is 0 Å². The minimum atomic E-state index is -0.0863. The van der Waals surface area contributed by atoms with Crippen molar-refractivity contribution in [2.24, 2.45) is 0 Å². The topological polar surface area (TPSA) is 50.8 Å². The Hall–Kier alpha value is -2.28. The van der Waals surface area contributed by atoms with Gasteiger partial charge in [0.25, 0.3) is 5.91 Å². The van der Waals surface area contributed by atoms with Gasteiger partial charge in [0.15, 0.2) is 5.11 Å². The van der Waals surface area contributed by atoms with Crippen molar-refractivity contribution < 1.29 is 14.3 Å². The second-order valence-electron chi connectivity index (χ2n) is 6.81. The summed E-state index contributed by atoms with van der Waals surface area (Å²) in [4.78, 5) is 14.3. The summed E-state index contributed by atoms with van der Waals surface area (Å²) in [5, 5.41) is 4.28. The summed E-state index contributed by atoms with van der Waals surface area (Å²) in [7, 11) is 1.59. The minimum Gasteiger partial charge on any atom is -0.496 e. The zero-order valence-electron chi connectivity index (χ0n) is 15.6. The molecule has 2 fully saturated rings. The molecule has 1 saturated heterocycles. The third-order valence-electron chi connectivity index (χ3n) is 4.74. The monoisotopic (exact) mass is 448 g/mol. The van der Waals surface area contributed by atoms with Crippen LogP contribution in [0.15, 0.2) is 42.1 Å². The highest BCUT2D eigenvalue weighted by atomic mass is 35.5. The number of hydrogen-bond donors (Lipinski definition) is 1. The Morgan fingerprint density at radius 1 is 1.24 bits per heavy atom. The van der Waals surface area contributed by atoms with Gasteiger partial charge in [-0.1, -0.05) is 35.3 Å². The maximum Gasteiger partial charge on any atom is 0.276 e. The van der Waals surface area contributed by atoms with Crippen molar-refractivity contribution in [2.45, 2.75) is 25.5 Å². The van der Waals surface area contributed by atoms with Crippen LogP contribution in [0.1, 0.15) is 24.0 Å². The zero-order valence-corrected chi connectivity index (χ0v) is 17.9. The number of nitrogens with one attached hydrogen (secondary N) is 1. The first-order valence-corrected chi connectivity index (χ1v) is 10.2. The molecule has 1 heterocycles. The lowest BCUT2D eigenvalue weighted by atomic mass is 10.1. The molecule has 0 radical (unpaired) electrons. The van der Waals surface area contributed by atoms with E-state index in [1.165, 1.54) is 0 Å². The molecular formula is C21H18Cl2N2O3S. The van der Waals surface area contributed by atoms with Gasteiger partial charge < -0.3 is 14.8 Å². The summed E-state index contributed by atoms with van der Waals surface area (Å²) in [6.07, 6.45) is 3.78. The third-order valence-corrected chi connectivity index (χ3v) is 5.84. The largest absolute Gasteiger partial charge is 0.496 e. The van der Waals surface area contributed by atoms with Crippen molar-refractivity contribution in [1.82, 2.24) is 10.2 Å². The fourth-order valence-electron chi connectivity index (χ4n) is 3.13. The molecule has 1 aliphatic carbocycles. The van der Waals surface area contributed by atoms with Gasteiger partial charge in [0, 0.05) is 11.6 Å². The van der Waals surface area contributed by atoms with Crippen LogP contribution < -0.4 is 14.8 Å². The number of carbonyl (C=O) groups is 1. The first-order valence-electron chi connectivity index (χ1n) is 9.08. The van der Waals surface area contributed by atoms with Crippen LogP contribution in [0, 0.1) is 0 Å². The number of nitrogens with zero attached hydrogens (tertiary/aromatic N) is 1. The molecule has 1 aliphatic heterocycles. The van der Waals surface area contributed by atoms with Crippen LogP contribution >= 0.6 is 35.4 Å². The highest BCUT2D eigenvalue weighted by Gasteiger charge is 2.41. The summed E-state index contributed by atoms with van der Waals surface area (Å²) in [5.74, 6) is 1.08. The molecule has 0 spiro atoms. The normalized spacial score (nSPS) is 17.6. The maximum absolute atomic E-state index is 12.6. The molecule has 0 bridgehead atoms. The molecule has 1 N–H and O–H groups in total. The second-order valence-corrected chi connectivity index (χ2v) is 7.98. The summed E-state index contributed by atoms with van der Waals surface area (Å²) >= 11 is 17.5. The van der Waals surface area contributed by atoms with Crippen LogP contribution in [0.2, 0.25) is 10.0 Å². The van der Waals surface area contributed by atoms with Gasteiger partial charge in [-0.3, -0.25) is 9.69 Å². The van der Waals surface area contributed by atoms with Crippen LogP contribution in [0.25, 0.3) is 6.08 Å². The quantitative estimate of drug-likeness (QED) is 0.507. The molecule has 1 amide bonds. The number of benzene rings is 2. The summed E-state index contributed by atoms with van der Waals surface area (Å²) in [6.45, 7) is 0.230. The lowest BCUT2D eigenvalue weighted by Gasteiger charge is -2.13. The molecule has 4 rings (SSSR count). The Morgan fingerprint density at radius 3 is 2.76 bits per heavy atom. The predicted octanol–water partition coefficient (Wildman–Crippen LogP) is 4.80. The minimum absolute atomic E-state index is 0.0863. The molecule has 2 aromatic rings. The Kier molecular flexibility index (Phi) is 5.67. The van der Waals surface area contributed by atoms with E-state index in [0.29, 0.717) is 32.4 Å². The molecule has 5 nitrogen and oxygen atoms in total. The zero-order chi connectivity index (χ0) is 20.5. The van der Waals surface area contributed by atoms with Crippen LogP contribution in [0.4, 0.5) is 0 Å². The average molecular weight is 449 g/mol. The van der Waals surface area contributed by atoms with E-state index in [2.05, 4.69) is 5.32 Å². The number of thiocarbonyl (C=S) groups is 1. The summed E-state index contributed by atoms with van der Waals surface area (Å²) < 4.78 is 11.3. The van der Waals surface area contributed by atoms with E-state index in [-0.39, 0.29) is 18.6 Å². The number of hydrogen-bond acceptors (Lipinski definition) is 4. The van der Waals surface area contributed by atoms with Crippen molar-refractivity contribution in [3.8, 4) is 11.5 Å². The van der Waals surface area contributed by atoms with E-state index in [9.17, 15) is 4.79 Å². The number of methoxy groups -OCH3 is 1. The summed E-state index contributed by atoms with van der Waals surface area (Å²) in [5.41, 5.74) is 2.11. The molecule has 0 unspecified atom stereocenters. The number of ether oxygens (including phenoxy) is 2. The van der Waals surface area contributed by atoms with Crippen LogP contribution in [-0.4, -0.2) is 29.1 Å². The maximum atomic E-state index is 12.6. The number of rotatable bonds is 6. The van der Waals surface area contributed by atoms with Crippen LogP contribution in [-0.2, 0) is 11.4 Å². The van der Waals surface area contributed by atoms with Gasteiger partial charge in [-0.2, -0.15) is 0 Å². The van der Waals surface area contributed by atoms with Gasteiger partial charge in [0.05, 0.1) is 12.1 Å². The van der Waals surface area contributed by atoms with Gasteiger partial charge in [0.1, 0.15) is 28.8 Å². The van der Waals surface area contributed by atoms with Crippen LogP contribution in [0.3, 0.4) is 0 Å². The van der Waals surface area contributed by atoms with E-state index in [0.717, 1.165) is 24.0 Å². The van der Waals surface area contributed by atoms with E-state index in [1.54, 1.807) is 36.3 Å². The Morgan fingerprint density at radius 2 is 2.03 bits per heavy atom. The Balaban J connectivity index is 1.56. The molecule has 2 aliphatic rings. The van der Waals surface area contributed by atoms with Crippen molar-refractivity contribution in [2.75, 3.05) is 7.11 Å². The molecule has 29 heavy (non-hydrogen) atoms. The van der Waals surface area contributed by atoms with Crippen molar-refractivity contribution >= 4 is 52.5 Å². The van der Waals surface area contributed by atoms with Gasteiger partial charge in [-0.15, -0.1) is 0 Å². The van der Waals surface area contributed by atoms with E-state index >= 15 is 0 Å². The highest BCUT2D eigenvalue weighted by molar-refractivity contribution is 7.80. The fourth-order valence-corrected chi connectivity index (χ4v) is 3.82. The fraction of sp³-hybridized carbons (Fsp3) is 0.238. The van der Waals surface area contributed by atoms with Crippen molar-refractivity contribution in [1.29, 1.82) is 0 Å². The summed E-state index contributed by atoms with van der Waals surface area (Å²) in [6, 6.07) is 11.1. The second kappa shape index (κ2) is 8.22. The van der Waals surface area contributed by atoms with Crippen LogP contribution in [0.5, 0.6) is 11.5 Å². The molecular weight excluding hydrogens is 431 g/mol. The van der Waals surface area contributed by atoms with Crippen molar-refractivity contribution in [3.05, 3.63) is 63.3 Å². The smallest absolute Gasteiger partial charge is 0.276 e. The third kappa shape index (κ3) is 4.20. The lowest BCUT2D eigenvalue weighted by Crippen LogP contribution is -2.32. The number of amides is 1. The van der Waals surface area contributed by atoms with E-state index in [4.69, 9.17) is 44.9 Å². The molecule has 2 aromatic carbocycles. The Bertz CT molecular complexity index is 1020. The van der Waals surface area contributed by atoms with E-state index < -0.39 is 0 Å². The molecule has 0 atom stereocenters. The lowest BCUT2D eigenvalue weighted by molar-refractivity contribution is -0.122. The first kappa shape index (κ1) is 20.0. The molecule has 150 valence electrons. The molecule has 1 saturated carbocycles. The standard InChI is InChI=1S/C21H18Cl2N2O3S/c1-27-17-8-5-12(10-16-20(26)25(14-6-7-14)21(29)24-16)9-13(17)11-28-18-4-2-3-15(22)19(18)23/h2-5,8-10,14H,6-7,11H2,1H3,(H,24,29)/b16-10+. The first-order chi connectivity index (χ1) is 14.0. The van der Waals surface area contributed by atoms with Gasteiger partial charge in [0.2, 0.25) is 0 Å². The number of halogens is 2. The average Bonchev–Trinajstić information content (AvgIpc) is 3.49.